The standard InChI is InChI=1S/C21H24N4O3S/c1-4-9-22-18(26)12-24(2)19(27)13-29-21-23-17-11-15-8-6-5-7-14(15)10-16(17)20(28)25(21)3/h5-8,10-11H,4,9,12-13H2,1-3H3,(H,22,26). The fourth-order valence-electron chi connectivity index (χ4n) is 2.93. The normalized spacial score (nSPS) is 11.0. The lowest BCUT2D eigenvalue weighted by Crippen LogP contribution is -2.39. The molecular weight excluding hydrogens is 388 g/mol. The maximum Gasteiger partial charge on any atom is 0.261 e. The van der Waals surface area contributed by atoms with Crippen molar-refractivity contribution in [2.75, 3.05) is 25.9 Å². The predicted molar refractivity (Wildman–Crippen MR) is 116 cm³/mol. The summed E-state index contributed by atoms with van der Waals surface area (Å²) in [6.07, 6.45) is 0.843. The van der Waals surface area contributed by atoms with Crippen LogP contribution in [-0.4, -0.2) is 52.2 Å². The zero-order chi connectivity index (χ0) is 21.0. The molecule has 152 valence electrons. The number of nitrogens with zero attached hydrogens (tertiary/aromatic N) is 3. The molecule has 3 aromatic rings. The molecule has 0 saturated heterocycles. The predicted octanol–water partition coefficient (Wildman–Crippen LogP) is 2.16. The molecule has 0 aliphatic carbocycles. The van der Waals surface area contributed by atoms with Crippen LogP contribution in [0.3, 0.4) is 0 Å². The molecular formula is C21H24N4O3S. The monoisotopic (exact) mass is 412 g/mol. The largest absolute Gasteiger partial charge is 0.355 e. The van der Waals surface area contributed by atoms with Gasteiger partial charge in [0.1, 0.15) is 0 Å². The van der Waals surface area contributed by atoms with Gasteiger partial charge in [0.25, 0.3) is 5.56 Å². The van der Waals surface area contributed by atoms with Crippen molar-refractivity contribution in [2.45, 2.75) is 18.5 Å². The van der Waals surface area contributed by atoms with E-state index in [1.54, 1.807) is 14.1 Å². The van der Waals surface area contributed by atoms with E-state index in [-0.39, 0.29) is 29.7 Å². The number of benzene rings is 2. The minimum absolute atomic E-state index is 0.00939. The SMILES string of the molecule is CCCNC(=O)CN(C)C(=O)CSc1nc2cc3ccccc3cc2c(=O)n1C. The lowest BCUT2D eigenvalue weighted by Gasteiger charge is -2.17. The molecule has 0 aliphatic rings. The number of amides is 2. The lowest BCUT2D eigenvalue weighted by molar-refractivity contribution is -0.132. The van der Waals surface area contributed by atoms with Crippen LogP contribution in [0.25, 0.3) is 21.7 Å². The highest BCUT2D eigenvalue weighted by Gasteiger charge is 2.16. The molecule has 1 heterocycles. The second-order valence-corrected chi connectivity index (χ2v) is 7.81. The summed E-state index contributed by atoms with van der Waals surface area (Å²) in [5.74, 6) is -0.290. The maximum absolute atomic E-state index is 12.8. The van der Waals surface area contributed by atoms with Crippen molar-refractivity contribution >= 4 is 45.3 Å². The number of thioether (sulfide) groups is 1. The number of rotatable bonds is 7. The van der Waals surface area contributed by atoms with Gasteiger partial charge in [-0.05, 0) is 29.3 Å². The molecule has 3 rings (SSSR count). The quantitative estimate of drug-likeness (QED) is 0.365. The molecule has 0 bridgehead atoms. The van der Waals surface area contributed by atoms with E-state index in [9.17, 15) is 14.4 Å². The van der Waals surface area contributed by atoms with Crippen LogP contribution in [0.1, 0.15) is 13.3 Å². The van der Waals surface area contributed by atoms with Crippen LogP contribution < -0.4 is 10.9 Å². The van der Waals surface area contributed by atoms with Crippen molar-refractivity contribution in [3.63, 3.8) is 0 Å². The van der Waals surface area contributed by atoms with E-state index >= 15 is 0 Å². The summed E-state index contributed by atoms with van der Waals surface area (Å²) in [7, 11) is 3.24. The molecule has 0 unspecified atom stereocenters. The number of fused-ring (bicyclic) bond motifs is 2. The Morgan fingerprint density at radius 1 is 1.21 bits per heavy atom. The zero-order valence-electron chi connectivity index (χ0n) is 16.8. The van der Waals surface area contributed by atoms with Crippen molar-refractivity contribution in [1.29, 1.82) is 0 Å². The van der Waals surface area contributed by atoms with Crippen molar-refractivity contribution in [1.82, 2.24) is 19.8 Å². The van der Waals surface area contributed by atoms with Crippen molar-refractivity contribution in [3.05, 3.63) is 46.8 Å². The van der Waals surface area contributed by atoms with Gasteiger partial charge in [-0.25, -0.2) is 4.98 Å². The lowest BCUT2D eigenvalue weighted by atomic mass is 10.1. The molecule has 1 aromatic heterocycles. The first kappa shape index (κ1) is 20.9. The molecule has 0 fully saturated rings. The average molecular weight is 413 g/mol. The second-order valence-electron chi connectivity index (χ2n) is 6.86. The van der Waals surface area contributed by atoms with Gasteiger partial charge in [-0.15, -0.1) is 0 Å². The highest BCUT2D eigenvalue weighted by atomic mass is 32.2. The number of hydrogen-bond acceptors (Lipinski definition) is 5. The fraction of sp³-hybridized carbons (Fsp3) is 0.333. The van der Waals surface area contributed by atoms with Crippen LogP contribution in [0.15, 0.2) is 46.3 Å². The van der Waals surface area contributed by atoms with Gasteiger partial charge in [0.05, 0.1) is 23.2 Å². The van der Waals surface area contributed by atoms with Crippen LogP contribution >= 0.6 is 11.8 Å². The van der Waals surface area contributed by atoms with Crippen LogP contribution in [0.4, 0.5) is 0 Å². The Hall–Kier alpha value is -2.87. The number of carbonyl (C=O) groups excluding carboxylic acids is 2. The Morgan fingerprint density at radius 2 is 1.90 bits per heavy atom. The molecule has 0 atom stereocenters. The van der Waals surface area contributed by atoms with Gasteiger partial charge >= 0.3 is 0 Å². The van der Waals surface area contributed by atoms with E-state index < -0.39 is 0 Å². The summed E-state index contributed by atoms with van der Waals surface area (Å²) in [6.45, 7) is 2.57. The van der Waals surface area contributed by atoms with E-state index in [0.29, 0.717) is 22.6 Å². The highest BCUT2D eigenvalue weighted by molar-refractivity contribution is 7.99. The van der Waals surface area contributed by atoms with E-state index in [4.69, 9.17) is 0 Å². The molecule has 29 heavy (non-hydrogen) atoms. The Morgan fingerprint density at radius 3 is 2.59 bits per heavy atom. The summed E-state index contributed by atoms with van der Waals surface area (Å²) < 4.78 is 1.46. The molecule has 2 aromatic carbocycles. The Bertz CT molecular complexity index is 1130. The molecule has 0 spiro atoms. The van der Waals surface area contributed by atoms with E-state index in [2.05, 4.69) is 10.3 Å². The topological polar surface area (TPSA) is 84.3 Å². The summed E-state index contributed by atoms with van der Waals surface area (Å²) in [4.78, 5) is 42.9. The highest BCUT2D eigenvalue weighted by Crippen LogP contribution is 2.22. The average Bonchev–Trinajstić information content (AvgIpc) is 2.72. The van der Waals surface area contributed by atoms with Crippen LogP contribution in [-0.2, 0) is 16.6 Å². The number of carbonyl (C=O) groups is 2. The Balaban J connectivity index is 1.77. The Kier molecular flexibility index (Phi) is 6.53. The molecule has 1 N–H and O–H groups in total. The van der Waals surface area contributed by atoms with Gasteiger partial charge < -0.3 is 10.2 Å². The minimum Gasteiger partial charge on any atom is -0.355 e. The number of hydrogen-bond donors (Lipinski definition) is 1. The van der Waals surface area contributed by atoms with Crippen molar-refractivity contribution in [2.24, 2.45) is 7.05 Å². The first-order chi connectivity index (χ1) is 13.9. The Labute approximate surface area is 173 Å². The van der Waals surface area contributed by atoms with Crippen LogP contribution in [0.5, 0.6) is 0 Å². The van der Waals surface area contributed by atoms with E-state index in [1.807, 2.05) is 43.3 Å². The van der Waals surface area contributed by atoms with Gasteiger partial charge in [0, 0.05) is 20.6 Å². The zero-order valence-corrected chi connectivity index (χ0v) is 17.6. The number of nitrogens with one attached hydrogen (secondary N) is 1. The maximum atomic E-state index is 12.8. The minimum atomic E-state index is -0.200. The van der Waals surface area contributed by atoms with Gasteiger partial charge in [-0.3, -0.25) is 19.0 Å². The third kappa shape index (κ3) is 4.76. The third-order valence-corrected chi connectivity index (χ3v) is 5.62. The summed E-state index contributed by atoms with van der Waals surface area (Å²) in [5, 5.41) is 5.75. The van der Waals surface area contributed by atoms with Crippen molar-refractivity contribution in [3.8, 4) is 0 Å². The summed E-state index contributed by atoms with van der Waals surface area (Å²) >= 11 is 1.19. The number of aromatic nitrogens is 2. The summed E-state index contributed by atoms with van der Waals surface area (Å²) in [5.41, 5.74) is 0.456. The van der Waals surface area contributed by atoms with Gasteiger partial charge in [0.15, 0.2) is 5.16 Å². The van der Waals surface area contributed by atoms with Crippen molar-refractivity contribution < 1.29 is 9.59 Å². The van der Waals surface area contributed by atoms with E-state index in [1.165, 1.54) is 21.2 Å². The molecule has 8 heteroatoms. The van der Waals surface area contributed by atoms with Gasteiger partial charge in [0.2, 0.25) is 11.8 Å². The van der Waals surface area contributed by atoms with Gasteiger partial charge in [-0.1, -0.05) is 43.0 Å². The van der Waals surface area contributed by atoms with Crippen LogP contribution in [0, 0.1) is 0 Å². The first-order valence-corrected chi connectivity index (χ1v) is 10.4. The van der Waals surface area contributed by atoms with Crippen LogP contribution in [0.2, 0.25) is 0 Å². The molecule has 0 saturated carbocycles. The van der Waals surface area contributed by atoms with Gasteiger partial charge in [-0.2, -0.15) is 0 Å². The van der Waals surface area contributed by atoms with E-state index in [0.717, 1.165) is 17.2 Å². The summed E-state index contributed by atoms with van der Waals surface area (Å²) in [6, 6.07) is 11.5. The molecule has 7 nitrogen and oxygen atoms in total. The second kappa shape index (κ2) is 9.09. The molecule has 0 aliphatic heterocycles. The third-order valence-electron chi connectivity index (χ3n) is 4.61. The molecule has 2 amide bonds. The fourth-order valence-corrected chi connectivity index (χ4v) is 3.84. The number of likely N-dealkylation sites (N-methyl/N-ethyl adjacent to an activating group) is 1. The molecule has 0 radical (unpaired) electrons. The first-order valence-electron chi connectivity index (χ1n) is 9.43. The smallest absolute Gasteiger partial charge is 0.261 e.